The van der Waals surface area contributed by atoms with Crippen molar-refractivity contribution >= 4 is 16.7 Å². The lowest BCUT2D eigenvalue weighted by Gasteiger charge is -2.37. The SMILES string of the molecule is COc1ccc(N2CCN(Cc3cc4cnc(C#N)nc4n3CC(C)(C)C)CC2)c(OC)c1. The lowest BCUT2D eigenvalue weighted by atomic mass is 9.97. The van der Waals surface area contributed by atoms with Gasteiger partial charge in [0.1, 0.15) is 23.2 Å². The van der Waals surface area contributed by atoms with E-state index >= 15 is 0 Å². The Bertz CT molecular complexity index is 1170. The fraction of sp³-hybridized carbons (Fsp3) is 0.480. The number of aromatic nitrogens is 3. The summed E-state index contributed by atoms with van der Waals surface area (Å²) in [5.41, 5.74) is 3.23. The van der Waals surface area contributed by atoms with Gasteiger partial charge < -0.3 is 18.9 Å². The molecule has 0 N–H and O–H groups in total. The predicted molar refractivity (Wildman–Crippen MR) is 129 cm³/mol. The number of hydrogen-bond acceptors (Lipinski definition) is 7. The Morgan fingerprint density at radius 3 is 2.45 bits per heavy atom. The van der Waals surface area contributed by atoms with Crippen LogP contribution < -0.4 is 14.4 Å². The van der Waals surface area contributed by atoms with Gasteiger partial charge in [-0.1, -0.05) is 20.8 Å². The summed E-state index contributed by atoms with van der Waals surface area (Å²) in [7, 11) is 3.36. The zero-order chi connectivity index (χ0) is 23.6. The molecule has 0 saturated carbocycles. The molecule has 8 nitrogen and oxygen atoms in total. The summed E-state index contributed by atoms with van der Waals surface area (Å²) in [6, 6.07) is 10.2. The first-order chi connectivity index (χ1) is 15.8. The molecule has 33 heavy (non-hydrogen) atoms. The first-order valence-electron chi connectivity index (χ1n) is 11.3. The van der Waals surface area contributed by atoms with E-state index in [2.05, 4.69) is 63.3 Å². The van der Waals surface area contributed by atoms with Crippen LogP contribution in [0.5, 0.6) is 11.5 Å². The maximum Gasteiger partial charge on any atom is 0.234 e. The quantitative estimate of drug-likeness (QED) is 0.569. The number of nitrogens with zero attached hydrogens (tertiary/aromatic N) is 6. The molecule has 1 aliphatic rings. The lowest BCUT2D eigenvalue weighted by molar-refractivity contribution is 0.238. The van der Waals surface area contributed by atoms with Gasteiger partial charge >= 0.3 is 0 Å². The molecule has 0 radical (unpaired) electrons. The molecule has 2 aromatic heterocycles. The Kier molecular flexibility index (Phi) is 6.43. The number of fused-ring (bicyclic) bond motifs is 1. The summed E-state index contributed by atoms with van der Waals surface area (Å²) in [6.07, 6.45) is 1.76. The third-order valence-electron chi connectivity index (χ3n) is 5.94. The molecule has 8 heteroatoms. The van der Waals surface area contributed by atoms with Crippen molar-refractivity contribution < 1.29 is 9.47 Å². The normalized spacial score (nSPS) is 15.0. The molecule has 0 atom stereocenters. The van der Waals surface area contributed by atoms with Gasteiger partial charge in [0.05, 0.1) is 19.9 Å². The summed E-state index contributed by atoms with van der Waals surface area (Å²) >= 11 is 0. The standard InChI is InChI=1S/C25H32N6O2/c1-25(2,3)17-31-19(12-18-15-27-23(14-26)28-24(18)31)16-29-8-10-30(11-9-29)21-7-6-20(32-4)13-22(21)33-5/h6-7,12-13,15H,8-11,16-17H2,1-5H3. The summed E-state index contributed by atoms with van der Waals surface area (Å²) in [5, 5.41) is 10.2. The Morgan fingerprint density at radius 2 is 1.82 bits per heavy atom. The highest BCUT2D eigenvalue weighted by Crippen LogP contribution is 2.33. The third-order valence-corrected chi connectivity index (χ3v) is 5.94. The molecule has 174 valence electrons. The molecule has 3 heterocycles. The van der Waals surface area contributed by atoms with Crippen molar-refractivity contribution in [2.45, 2.75) is 33.9 Å². The average Bonchev–Trinajstić information content (AvgIpc) is 3.13. The second kappa shape index (κ2) is 9.28. The van der Waals surface area contributed by atoms with Gasteiger partial charge in [-0.15, -0.1) is 0 Å². The number of methoxy groups -OCH3 is 2. The van der Waals surface area contributed by atoms with E-state index in [-0.39, 0.29) is 11.2 Å². The average molecular weight is 449 g/mol. The lowest BCUT2D eigenvalue weighted by Crippen LogP contribution is -2.46. The van der Waals surface area contributed by atoms with Crippen molar-refractivity contribution in [1.29, 1.82) is 5.26 Å². The number of anilines is 1. The highest BCUT2D eigenvalue weighted by Gasteiger charge is 2.23. The molecule has 4 rings (SSSR count). The maximum absolute atomic E-state index is 9.26. The largest absolute Gasteiger partial charge is 0.497 e. The van der Waals surface area contributed by atoms with E-state index in [1.807, 2.05) is 12.1 Å². The van der Waals surface area contributed by atoms with E-state index in [9.17, 15) is 5.26 Å². The van der Waals surface area contributed by atoms with Crippen LogP contribution in [-0.2, 0) is 13.1 Å². The molecule has 1 aliphatic heterocycles. The number of ether oxygens (including phenoxy) is 2. The number of piperazine rings is 1. The van der Waals surface area contributed by atoms with E-state index < -0.39 is 0 Å². The summed E-state index contributed by atoms with van der Waals surface area (Å²) in [4.78, 5) is 13.5. The van der Waals surface area contributed by atoms with Crippen LogP contribution in [0.3, 0.4) is 0 Å². The highest BCUT2D eigenvalue weighted by atomic mass is 16.5. The van der Waals surface area contributed by atoms with Crippen molar-refractivity contribution in [3.8, 4) is 17.6 Å². The fourth-order valence-electron chi connectivity index (χ4n) is 4.35. The first-order valence-corrected chi connectivity index (χ1v) is 11.3. The highest BCUT2D eigenvalue weighted by molar-refractivity contribution is 5.77. The minimum atomic E-state index is 0.0854. The van der Waals surface area contributed by atoms with Crippen LogP contribution in [0.15, 0.2) is 30.5 Å². The van der Waals surface area contributed by atoms with Gasteiger partial charge in [-0.05, 0) is 23.6 Å². The molecule has 1 aromatic carbocycles. The van der Waals surface area contributed by atoms with Gasteiger partial charge in [0.2, 0.25) is 5.82 Å². The van der Waals surface area contributed by atoms with Crippen molar-refractivity contribution in [3.05, 3.63) is 42.0 Å². The van der Waals surface area contributed by atoms with E-state index in [1.165, 1.54) is 5.69 Å². The van der Waals surface area contributed by atoms with Gasteiger partial charge in [0.15, 0.2) is 0 Å². The molecule has 0 aliphatic carbocycles. The molecule has 3 aromatic rings. The predicted octanol–water partition coefficient (Wildman–Crippen LogP) is 3.69. The smallest absolute Gasteiger partial charge is 0.234 e. The van der Waals surface area contributed by atoms with Gasteiger partial charge in [0.25, 0.3) is 0 Å². The van der Waals surface area contributed by atoms with E-state index in [0.29, 0.717) is 0 Å². The summed E-state index contributed by atoms with van der Waals surface area (Å²) in [6.45, 7) is 12.0. The van der Waals surface area contributed by atoms with Gasteiger partial charge in [-0.3, -0.25) is 4.90 Å². The molecule has 0 unspecified atom stereocenters. The topological polar surface area (TPSA) is 79.4 Å². The maximum atomic E-state index is 9.26. The van der Waals surface area contributed by atoms with Crippen molar-refractivity contribution in [3.63, 3.8) is 0 Å². The van der Waals surface area contributed by atoms with Crippen molar-refractivity contribution in [1.82, 2.24) is 19.4 Å². The molecular formula is C25H32N6O2. The molecule has 1 saturated heterocycles. The van der Waals surface area contributed by atoms with Crippen LogP contribution in [0.1, 0.15) is 32.3 Å². The molecule has 0 spiro atoms. The molecular weight excluding hydrogens is 416 g/mol. The third kappa shape index (κ3) is 5.04. The van der Waals surface area contributed by atoms with Crippen molar-refractivity contribution in [2.24, 2.45) is 5.41 Å². The van der Waals surface area contributed by atoms with Crippen LogP contribution >= 0.6 is 0 Å². The first kappa shape index (κ1) is 22.9. The second-order valence-electron chi connectivity index (χ2n) is 9.67. The second-order valence-corrected chi connectivity index (χ2v) is 9.67. The van der Waals surface area contributed by atoms with Crippen LogP contribution in [0.4, 0.5) is 5.69 Å². The Hall–Kier alpha value is -3.31. The number of nitriles is 1. The Balaban J connectivity index is 1.52. The van der Waals surface area contributed by atoms with E-state index in [0.717, 1.165) is 67.5 Å². The number of hydrogen-bond donors (Lipinski definition) is 0. The van der Waals surface area contributed by atoms with E-state index in [1.54, 1.807) is 20.4 Å². The van der Waals surface area contributed by atoms with Crippen molar-refractivity contribution in [2.75, 3.05) is 45.3 Å². The Labute approximate surface area is 195 Å². The van der Waals surface area contributed by atoms with Crippen LogP contribution in [-0.4, -0.2) is 59.8 Å². The Morgan fingerprint density at radius 1 is 1.06 bits per heavy atom. The minimum Gasteiger partial charge on any atom is -0.497 e. The zero-order valence-corrected chi connectivity index (χ0v) is 20.1. The zero-order valence-electron chi connectivity index (χ0n) is 20.1. The summed E-state index contributed by atoms with van der Waals surface area (Å²) in [5.74, 6) is 1.84. The molecule has 0 bridgehead atoms. The molecule has 0 amide bonds. The fourth-order valence-corrected chi connectivity index (χ4v) is 4.35. The number of benzene rings is 1. The van der Waals surface area contributed by atoms with Crippen LogP contribution in [0.2, 0.25) is 0 Å². The number of rotatable bonds is 6. The van der Waals surface area contributed by atoms with Gasteiger partial charge in [-0.2, -0.15) is 5.26 Å². The molecule has 1 fully saturated rings. The van der Waals surface area contributed by atoms with Gasteiger partial charge in [-0.25, -0.2) is 9.97 Å². The van der Waals surface area contributed by atoms with E-state index in [4.69, 9.17) is 9.47 Å². The monoisotopic (exact) mass is 448 g/mol. The van der Waals surface area contributed by atoms with Gasteiger partial charge in [0, 0.05) is 62.6 Å². The van der Waals surface area contributed by atoms with Crippen LogP contribution in [0, 0.1) is 16.7 Å². The van der Waals surface area contributed by atoms with Crippen LogP contribution in [0.25, 0.3) is 11.0 Å². The minimum absolute atomic E-state index is 0.0854. The summed E-state index contributed by atoms with van der Waals surface area (Å²) < 4.78 is 13.2.